The molecule has 0 unspecified atom stereocenters. The predicted octanol–water partition coefficient (Wildman–Crippen LogP) is 4.55. The van der Waals surface area contributed by atoms with Gasteiger partial charge in [-0.3, -0.25) is 4.79 Å². The Hall–Kier alpha value is -2.51. The van der Waals surface area contributed by atoms with Crippen molar-refractivity contribution in [1.29, 1.82) is 0 Å². The van der Waals surface area contributed by atoms with E-state index in [9.17, 15) is 4.79 Å². The SMILES string of the molecule is Cn1nc(C(=O)N2CCC3(CC2)OCCc2ccsc23)nc1-c1ccc(C(C)(C)C)cc1. The van der Waals surface area contributed by atoms with Gasteiger partial charge in [0.1, 0.15) is 5.60 Å². The highest BCUT2D eigenvalue weighted by Crippen LogP contribution is 2.44. The molecule has 0 saturated carbocycles. The Kier molecular flexibility index (Phi) is 5.21. The normalized spacial score (nSPS) is 18.1. The van der Waals surface area contributed by atoms with Crippen LogP contribution in [-0.4, -0.2) is 45.3 Å². The van der Waals surface area contributed by atoms with Crippen LogP contribution in [0.15, 0.2) is 35.7 Å². The van der Waals surface area contributed by atoms with Crippen molar-refractivity contribution in [2.45, 2.75) is 51.0 Å². The highest BCUT2D eigenvalue weighted by molar-refractivity contribution is 7.10. The molecule has 0 aliphatic carbocycles. The topological polar surface area (TPSA) is 60.2 Å². The monoisotopic (exact) mass is 450 g/mol. The third-order valence-corrected chi connectivity index (χ3v) is 7.87. The Morgan fingerprint density at radius 1 is 1.12 bits per heavy atom. The van der Waals surface area contributed by atoms with Crippen molar-refractivity contribution in [3.05, 3.63) is 57.5 Å². The first kappa shape index (κ1) is 21.3. The van der Waals surface area contributed by atoms with Crippen LogP contribution < -0.4 is 0 Å². The number of ether oxygens (including phenoxy) is 1. The lowest BCUT2D eigenvalue weighted by molar-refractivity contribution is -0.0907. The summed E-state index contributed by atoms with van der Waals surface area (Å²) in [6.07, 6.45) is 2.63. The molecule has 7 heteroatoms. The summed E-state index contributed by atoms with van der Waals surface area (Å²) >= 11 is 1.79. The summed E-state index contributed by atoms with van der Waals surface area (Å²) in [5.74, 6) is 0.871. The number of piperidine rings is 1. The van der Waals surface area contributed by atoms with Crippen LogP contribution in [0.5, 0.6) is 0 Å². The molecule has 6 nitrogen and oxygen atoms in total. The molecule has 1 saturated heterocycles. The molecule has 0 radical (unpaired) electrons. The number of thiophene rings is 1. The second kappa shape index (κ2) is 7.81. The van der Waals surface area contributed by atoms with Gasteiger partial charge < -0.3 is 9.64 Å². The molecule has 1 fully saturated rings. The maximum Gasteiger partial charge on any atom is 0.293 e. The molecule has 2 aliphatic heterocycles. The standard InChI is InChI=1S/C25H30N4O2S/c1-24(2,3)19-7-5-18(6-8-19)22-26-21(27-28(22)4)23(30)29-13-11-25(12-14-29)20-17(9-15-31-25)10-16-32-20/h5-8,10,16H,9,11-15H2,1-4H3. The third kappa shape index (κ3) is 3.67. The molecule has 2 aliphatic rings. The van der Waals surface area contributed by atoms with Gasteiger partial charge in [-0.1, -0.05) is 45.0 Å². The van der Waals surface area contributed by atoms with Gasteiger partial charge >= 0.3 is 0 Å². The number of likely N-dealkylation sites (tertiary alicyclic amines) is 1. The van der Waals surface area contributed by atoms with Gasteiger partial charge in [-0.15, -0.1) is 16.4 Å². The lowest BCUT2D eigenvalue weighted by Gasteiger charge is -2.43. The number of carbonyl (C=O) groups is 1. The van der Waals surface area contributed by atoms with Crippen molar-refractivity contribution in [1.82, 2.24) is 19.7 Å². The molecule has 3 aromatic rings. The molecule has 1 aromatic carbocycles. The van der Waals surface area contributed by atoms with Gasteiger partial charge in [0.05, 0.1) is 6.61 Å². The van der Waals surface area contributed by atoms with Crippen molar-refractivity contribution in [2.24, 2.45) is 7.05 Å². The maximum absolute atomic E-state index is 13.2. The van der Waals surface area contributed by atoms with E-state index in [0.29, 0.717) is 18.9 Å². The Balaban J connectivity index is 1.32. The van der Waals surface area contributed by atoms with E-state index >= 15 is 0 Å². The lowest BCUT2D eigenvalue weighted by Crippen LogP contribution is -2.48. The highest BCUT2D eigenvalue weighted by Gasteiger charge is 2.43. The fourth-order valence-corrected chi connectivity index (χ4v) is 5.95. The average Bonchev–Trinajstić information content (AvgIpc) is 3.41. The first-order chi connectivity index (χ1) is 15.3. The van der Waals surface area contributed by atoms with Gasteiger partial charge in [0.25, 0.3) is 5.91 Å². The van der Waals surface area contributed by atoms with Crippen LogP contribution in [0.3, 0.4) is 0 Å². The van der Waals surface area contributed by atoms with E-state index in [1.807, 2.05) is 11.9 Å². The smallest absolute Gasteiger partial charge is 0.293 e. The number of hydrogen-bond donors (Lipinski definition) is 0. The number of benzene rings is 1. The second-order valence-electron chi connectivity index (χ2n) is 9.87. The molecular weight excluding hydrogens is 420 g/mol. The van der Waals surface area contributed by atoms with Crippen molar-refractivity contribution >= 4 is 17.2 Å². The highest BCUT2D eigenvalue weighted by atomic mass is 32.1. The quantitative estimate of drug-likeness (QED) is 0.575. The van der Waals surface area contributed by atoms with E-state index < -0.39 is 0 Å². The van der Waals surface area contributed by atoms with E-state index in [4.69, 9.17) is 4.74 Å². The van der Waals surface area contributed by atoms with Crippen molar-refractivity contribution in [3.8, 4) is 11.4 Å². The number of carbonyl (C=O) groups excluding carboxylic acids is 1. The fraction of sp³-hybridized carbons (Fsp3) is 0.480. The maximum atomic E-state index is 13.2. The van der Waals surface area contributed by atoms with Crippen LogP contribution in [0.4, 0.5) is 0 Å². The molecule has 0 bridgehead atoms. The summed E-state index contributed by atoms with van der Waals surface area (Å²) in [6, 6.07) is 10.6. The predicted molar refractivity (Wildman–Crippen MR) is 126 cm³/mol. The summed E-state index contributed by atoms with van der Waals surface area (Å²) in [5, 5.41) is 6.61. The molecule has 168 valence electrons. The van der Waals surface area contributed by atoms with Gasteiger partial charge in [-0.25, -0.2) is 9.67 Å². The molecule has 32 heavy (non-hydrogen) atoms. The first-order valence-corrected chi connectivity index (χ1v) is 12.2. The average molecular weight is 451 g/mol. The van der Waals surface area contributed by atoms with E-state index in [1.165, 1.54) is 16.0 Å². The molecule has 4 heterocycles. The Bertz CT molecular complexity index is 1130. The summed E-state index contributed by atoms with van der Waals surface area (Å²) in [7, 11) is 1.84. The Labute approximate surface area is 193 Å². The van der Waals surface area contributed by atoms with Gasteiger partial charge in [0.2, 0.25) is 5.82 Å². The van der Waals surface area contributed by atoms with Crippen molar-refractivity contribution in [3.63, 3.8) is 0 Å². The number of rotatable bonds is 2. The van der Waals surface area contributed by atoms with E-state index in [2.05, 4.69) is 66.6 Å². The van der Waals surface area contributed by atoms with Crippen molar-refractivity contribution < 1.29 is 9.53 Å². The number of aryl methyl sites for hydroxylation is 1. The minimum absolute atomic E-state index is 0.0943. The van der Waals surface area contributed by atoms with Gasteiger partial charge in [-0.05, 0) is 47.3 Å². The van der Waals surface area contributed by atoms with Crippen molar-refractivity contribution in [2.75, 3.05) is 19.7 Å². The minimum Gasteiger partial charge on any atom is -0.369 e. The van der Waals surface area contributed by atoms with E-state index in [1.54, 1.807) is 16.0 Å². The molecule has 0 N–H and O–H groups in total. The molecule has 1 spiro atoms. The lowest BCUT2D eigenvalue weighted by atomic mass is 9.85. The van der Waals surface area contributed by atoms with Crippen LogP contribution >= 0.6 is 11.3 Å². The van der Waals surface area contributed by atoms with Crippen LogP contribution in [-0.2, 0) is 29.2 Å². The Morgan fingerprint density at radius 3 is 2.53 bits per heavy atom. The van der Waals surface area contributed by atoms with Crippen LogP contribution in [0, 0.1) is 0 Å². The minimum atomic E-state index is -0.226. The molecule has 2 aromatic heterocycles. The zero-order valence-electron chi connectivity index (χ0n) is 19.2. The zero-order chi connectivity index (χ0) is 22.5. The van der Waals surface area contributed by atoms with Gasteiger partial charge in [-0.2, -0.15) is 0 Å². The van der Waals surface area contributed by atoms with Crippen LogP contribution in [0.25, 0.3) is 11.4 Å². The van der Waals surface area contributed by atoms with E-state index in [0.717, 1.165) is 31.4 Å². The number of amides is 1. The number of fused-ring (bicyclic) bond motifs is 2. The van der Waals surface area contributed by atoms with Gasteiger partial charge in [0.15, 0.2) is 5.82 Å². The Morgan fingerprint density at radius 2 is 1.84 bits per heavy atom. The molecular formula is C25H30N4O2S. The van der Waals surface area contributed by atoms with Gasteiger partial charge in [0, 0.05) is 30.6 Å². The third-order valence-electron chi connectivity index (χ3n) is 6.73. The second-order valence-corrected chi connectivity index (χ2v) is 10.8. The largest absolute Gasteiger partial charge is 0.369 e. The summed E-state index contributed by atoms with van der Waals surface area (Å²) in [4.78, 5) is 21.0. The number of aromatic nitrogens is 3. The molecule has 1 amide bonds. The molecule has 5 rings (SSSR count). The summed E-state index contributed by atoms with van der Waals surface area (Å²) in [5.41, 5.74) is 3.51. The number of hydrogen-bond acceptors (Lipinski definition) is 5. The van der Waals surface area contributed by atoms with Crippen LogP contribution in [0.1, 0.15) is 60.2 Å². The molecule has 0 atom stereocenters. The fourth-order valence-electron chi connectivity index (χ4n) is 4.78. The van der Waals surface area contributed by atoms with Crippen LogP contribution in [0.2, 0.25) is 0 Å². The summed E-state index contributed by atoms with van der Waals surface area (Å²) < 4.78 is 7.98. The number of nitrogens with zero attached hydrogens (tertiary/aromatic N) is 4. The first-order valence-electron chi connectivity index (χ1n) is 11.3. The zero-order valence-corrected chi connectivity index (χ0v) is 20.0. The summed E-state index contributed by atoms with van der Waals surface area (Å²) in [6.45, 7) is 8.66. The van der Waals surface area contributed by atoms with E-state index in [-0.39, 0.29) is 22.7 Å².